The highest BCUT2D eigenvalue weighted by Crippen LogP contribution is 2.14. The van der Waals surface area contributed by atoms with Gasteiger partial charge in [-0.05, 0) is 44.9 Å². The number of hydrogen-bond donors (Lipinski definition) is 3. The summed E-state index contributed by atoms with van der Waals surface area (Å²) in [5.41, 5.74) is 0. The Morgan fingerprint density at radius 2 is 0.886 bits per heavy atom. The summed E-state index contributed by atoms with van der Waals surface area (Å²) in [4.78, 5) is 12.2. The molecule has 0 rings (SSSR count). The maximum Gasteiger partial charge on any atom is 0.220 e. The summed E-state index contributed by atoms with van der Waals surface area (Å²) in [5, 5.41) is 22.8. The Morgan fingerprint density at radius 3 is 1.32 bits per heavy atom. The molecule has 0 aromatic heterocycles. The maximum absolute atomic E-state index is 12.2. The molecule has 0 aromatic rings. The van der Waals surface area contributed by atoms with Crippen LogP contribution >= 0.6 is 0 Å². The van der Waals surface area contributed by atoms with Gasteiger partial charge in [0.05, 0.1) is 18.8 Å². The van der Waals surface area contributed by atoms with E-state index in [1.165, 1.54) is 135 Å². The largest absolute Gasteiger partial charge is 0.394 e. The molecule has 3 N–H and O–H groups in total. The van der Waals surface area contributed by atoms with Gasteiger partial charge in [-0.2, -0.15) is 0 Å². The van der Waals surface area contributed by atoms with Crippen molar-refractivity contribution in [2.45, 2.75) is 206 Å². The van der Waals surface area contributed by atoms with Gasteiger partial charge in [-0.15, -0.1) is 0 Å². The van der Waals surface area contributed by atoms with Crippen LogP contribution in [-0.2, 0) is 4.79 Å². The number of unbranched alkanes of at least 4 members (excludes halogenated alkanes) is 23. The summed E-state index contributed by atoms with van der Waals surface area (Å²) in [7, 11) is 0. The Bertz CT molecular complexity index is 672. The maximum atomic E-state index is 12.2. The quantitative estimate of drug-likeness (QED) is 0.0497. The van der Waals surface area contributed by atoms with Crippen molar-refractivity contribution < 1.29 is 15.0 Å². The molecule has 4 nitrogen and oxygen atoms in total. The van der Waals surface area contributed by atoms with E-state index in [0.717, 1.165) is 38.5 Å². The van der Waals surface area contributed by atoms with Gasteiger partial charge >= 0.3 is 0 Å². The molecule has 2 atom stereocenters. The fraction of sp³-hybridized carbons (Fsp3) is 0.825. The fourth-order valence-electron chi connectivity index (χ4n) is 5.62. The number of carbonyl (C=O) groups is 1. The van der Waals surface area contributed by atoms with Crippen molar-refractivity contribution in [2.24, 2.45) is 0 Å². The highest BCUT2D eigenvalue weighted by atomic mass is 16.3. The van der Waals surface area contributed by atoms with E-state index in [2.05, 4.69) is 43.5 Å². The van der Waals surface area contributed by atoms with E-state index in [0.29, 0.717) is 6.42 Å². The van der Waals surface area contributed by atoms with E-state index in [9.17, 15) is 15.0 Å². The standard InChI is InChI=1S/C40H75NO3/c1-3-5-7-9-11-13-14-15-16-17-18-19-20-21-22-23-24-25-26-27-28-29-31-33-35-39(43)38(37-42)41-40(44)36-34-32-30-12-10-8-6-4-2/h23-24,27-28,33,35,38-39,42-43H,3-22,25-26,29-32,34,36-37H2,1-2H3,(H,41,44)/b24-23+,28-27+,35-33+. The van der Waals surface area contributed by atoms with Gasteiger partial charge in [-0.3, -0.25) is 4.79 Å². The normalized spacial score (nSPS) is 13.5. The molecule has 0 spiro atoms. The summed E-state index contributed by atoms with van der Waals surface area (Å²) in [6.45, 7) is 4.25. The van der Waals surface area contributed by atoms with Crippen LogP contribution in [0.25, 0.3) is 0 Å². The highest BCUT2D eigenvalue weighted by molar-refractivity contribution is 5.76. The Morgan fingerprint density at radius 1 is 0.523 bits per heavy atom. The molecule has 0 bridgehead atoms. The van der Waals surface area contributed by atoms with Crippen LogP contribution in [0, 0.1) is 0 Å². The molecular formula is C40H75NO3. The average Bonchev–Trinajstić information content (AvgIpc) is 3.03. The van der Waals surface area contributed by atoms with Crippen LogP contribution in [0.2, 0.25) is 0 Å². The van der Waals surface area contributed by atoms with Crippen LogP contribution in [0.1, 0.15) is 194 Å². The molecule has 44 heavy (non-hydrogen) atoms. The van der Waals surface area contributed by atoms with E-state index < -0.39 is 12.1 Å². The van der Waals surface area contributed by atoms with E-state index in [-0.39, 0.29) is 12.5 Å². The Labute approximate surface area is 274 Å². The first-order valence-electron chi connectivity index (χ1n) is 19.2. The smallest absolute Gasteiger partial charge is 0.220 e. The van der Waals surface area contributed by atoms with Gasteiger partial charge in [0.15, 0.2) is 0 Å². The van der Waals surface area contributed by atoms with Gasteiger partial charge in [-0.1, -0.05) is 179 Å². The molecule has 258 valence electrons. The van der Waals surface area contributed by atoms with Gasteiger partial charge in [-0.25, -0.2) is 0 Å². The van der Waals surface area contributed by atoms with Crippen molar-refractivity contribution >= 4 is 5.91 Å². The van der Waals surface area contributed by atoms with Gasteiger partial charge in [0.1, 0.15) is 0 Å². The van der Waals surface area contributed by atoms with Crippen LogP contribution in [-0.4, -0.2) is 34.9 Å². The molecule has 0 fully saturated rings. The third kappa shape index (κ3) is 32.0. The predicted octanol–water partition coefficient (Wildman–Crippen LogP) is 11.5. The minimum absolute atomic E-state index is 0.0842. The second kappa shape index (κ2) is 36.1. The predicted molar refractivity (Wildman–Crippen MR) is 193 cm³/mol. The zero-order chi connectivity index (χ0) is 32.2. The molecule has 1 amide bonds. The molecular weight excluding hydrogens is 542 g/mol. The minimum atomic E-state index is -0.864. The van der Waals surface area contributed by atoms with Crippen LogP contribution in [0.15, 0.2) is 36.5 Å². The van der Waals surface area contributed by atoms with Gasteiger partial charge < -0.3 is 15.5 Å². The molecule has 4 heteroatoms. The molecule has 0 aliphatic heterocycles. The van der Waals surface area contributed by atoms with Crippen molar-refractivity contribution in [3.8, 4) is 0 Å². The van der Waals surface area contributed by atoms with Crippen molar-refractivity contribution in [1.82, 2.24) is 5.32 Å². The summed E-state index contributed by atoms with van der Waals surface area (Å²) in [6.07, 6.45) is 46.8. The first-order valence-corrected chi connectivity index (χ1v) is 19.2. The third-order valence-electron chi connectivity index (χ3n) is 8.60. The van der Waals surface area contributed by atoms with Gasteiger partial charge in [0.25, 0.3) is 0 Å². The molecule has 0 saturated carbocycles. The molecule has 0 radical (unpaired) electrons. The summed E-state index contributed by atoms with van der Waals surface area (Å²) in [6, 6.07) is -0.639. The lowest BCUT2D eigenvalue weighted by Crippen LogP contribution is -2.45. The van der Waals surface area contributed by atoms with E-state index >= 15 is 0 Å². The average molecular weight is 618 g/mol. The lowest BCUT2D eigenvalue weighted by atomic mass is 10.0. The topological polar surface area (TPSA) is 69.6 Å². The molecule has 0 heterocycles. The Balaban J connectivity index is 3.62. The van der Waals surface area contributed by atoms with Crippen LogP contribution in [0.5, 0.6) is 0 Å². The summed E-state index contributed by atoms with van der Waals surface area (Å²) in [5.74, 6) is -0.0842. The second-order valence-corrected chi connectivity index (χ2v) is 13.0. The number of carbonyl (C=O) groups excluding carboxylic acids is 1. The van der Waals surface area contributed by atoms with Gasteiger partial charge in [0.2, 0.25) is 5.91 Å². The zero-order valence-electron chi connectivity index (χ0n) is 29.4. The monoisotopic (exact) mass is 618 g/mol. The third-order valence-corrected chi connectivity index (χ3v) is 8.60. The van der Waals surface area contributed by atoms with Crippen molar-refractivity contribution in [3.63, 3.8) is 0 Å². The first-order chi connectivity index (χ1) is 21.7. The molecule has 2 unspecified atom stereocenters. The Kier molecular flexibility index (Phi) is 34.9. The number of allylic oxidation sites excluding steroid dienone is 5. The first kappa shape index (κ1) is 42.6. The van der Waals surface area contributed by atoms with Crippen molar-refractivity contribution in [1.29, 1.82) is 0 Å². The van der Waals surface area contributed by atoms with Gasteiger partial charge in [0, 0.05) is 6.42 Å². The molecule has 0 saturated heterocycles. The molecule has 0 aliphatic rings. The number of hydrogen-bond acceptors (Lipinski definition) is 3. The SMILES string of the molecule is CCCCCCCCCCCCCCCC/C=C/CC/C=C/CC/C=C/C(O)C(CO)NC(=O)CCCCCCCCCC. The second-order valence-electron chi connectivity index (χ2n) is 13.0. The Hall–Kier alpha value is -1.39. The highest BCUT2D eigenvalue weighted by Gasteiger charge is 2.17. The van der Waals surface area contributed by atoms with Crippen LogP contribution in [0.3, 0.4) is 0 Å². The zero-order valence-corrected chi connectivity index (χ0v) is 29.4. The lowest BCUT2D eigenvalue weighted by molar-refractivity contribution is -0.123. The minimum Gasteiger partial charge on any atom is -0.394 e. The molecule has 0 aromatic carbocycles. The van der Waals surface area contributed by atoms with E-state index in [1.807, 2.05) is 6.08 Å². The van der Waals surface area contributed by atoms with E-state index in [1.54, 1.807) is 6.08 Å². The number of rotatable bonds is 34. The molecule has 0 aliphatic carbocycles. The number of amides is 1. The summed E-state index contributed by atoms with van der Waals surface area (Å²) >= 11 is 0. The number of aliphatic hydroxyl groups excluding tert-OH is 2. The lowest BCUT2D eigenvalue weighted by Gasteiger charge is -2.19. The number of nitrogens with one attached hydrogen (secondary N) is 1. The van der Waals surface area contributed by atoms with Crippen LogP contribution < -0.4 is 5.32 Å². The van der Waals surface area contributed by atoms with Crippen molar-refractivity contribution in [3.05, 3.63) is 36.5 Å². The van der Waals surface area contributed by atoms with Crippen molar-refractivity contribution in [2.75, 3.05) is 6.61 Å². The summed E-state index contributed by atoms with van der Waals surface area (Å²) < 4.78 is 0. The fourth-order valence-corrected chi connectivity index (χ4v) is 5.62. The number of aliphatic hydroxyl groups is 2. The van der Waals surface area contributed by atoms with E-state index in [4.69, 9.17) is 0 Å². The van der Waals surface area contributed by atoms with Crippen LogP contribution in [0.4, 0.5) is 0 Å².